The number of carbonyl (C=O) groups excluding carboxylic acids is 2. The molecule has 1 fully saturated rings. The van der Waals surface area contributed by atoms with Crippen LogP contribution in [-0.2, 0) is 0 Å². The number of nitrogens with one attached hydrogen (secondary N) is 1. The van der Waals surface area contributed by atoms with Crippen LogP contribution >= 0.6 is 0 Å². The lowest BCUT2D eigenvalue weighted by atomic mass is 9.98. The highest BCUT2D eigenvalue weighted by Gasteiger charge is 2.25. The monoisotopic (exact) mass is 369 g/mol. The van der Waals surface area contributed by atoms with Gasteiger partial charge in [0, 0.05) is 30.9 Å². The van der Waals surface area contributed by atoms with Crippen LogP contribution in [-0.4, -0.2) is 47.4 Å². The van der Waals surface area contributed by atoms with E-state index in [0.29, 0.717) is 23.7 Å². The second-order valence-electron chi connectivity index (χ2n) is 7.78. The van der Waals surface area contributed by atoms with Crippen molar-refractivity contribution in [1.29, 1.82) is 0 Å². The summed E-state index contributed by atoms with van der Waals surface area (Å²) in [6, 6.07) is 7.38. The molecule has 3 rings (SSSR count). The van der Waals surface area contributed by atoms with Crippen LogP contribution in [0, 0.1) is 5.92 Å². The third-order valence-electron chi connectivity index (χ3n) is 5.61. The zero-order valence-corrected chi connectivity index (χ0v) is 16.5. The summed E-state index contributed by atoms with van der Waals surface area (Å²) < 4.78 is 0. The first kappa shape index (κ1) is 19.5. The number of benzene rings is 1. The van der Waals surface area contributed by atoms with Gasteiger partial charge >= 0.3 is 6.03 Å². The summed E-state index contributed by atoms with van der Waals surface area (Å²) in [6.07, 6.45) is 9.51. The average molecular weight is 370 g/mol. The molecule has 2 heterocycles. The van der Waals surface area contributed by atoms with E-state index in [1.54, 1.807) is 6.07 Å². The molecule has 1 aromatic carbocycles. The van der Waals surface area contributed by atoms with Gasteiger partial charge in [-0.2, -0.15) is 0 Å². The van der Waals surface area contributed by atoms with Crippen LogP contribution < -0.4 is 5.32 Å². The van der Waals surface area contributed by atoms with Gasteiger partial charge in [-0.05, 0) is 43.4 Å². The Morgan fingerprint density at radius 3 is 2.74 bits per heavy atom. The molecule has 1 atom stereocenters. The predicted octanol–water partition coefficient (Wildman–Crippen LogP) is 4.52. The van der Waals surface area contributed by atoms with E-state index in [4.69, 9.17) is 0 Å². The van der Waals surface area contributed by atoms with Crippen molar-refractivity contribution in [2.75, 3.05) is 25.0 Å². The summed E-state index contributed by atoms with van der Waals surface area (Å²) in [7, 11) is 0. The molecular weight excluding hydrogens is 338 g/mol. The van der Waals surface area contributed by atoms with Crippen molar-refractivity contribution in [2.45, 2.75) is 52.0 Å². The Labute approximate surface area is 162 Å². The zero-order valence-electron chi connectivity index (χ0n) is 16.5. The first-order valence-electron chi connectivity index (χ1n) is 10.2. The van der Waals surface area contributed by atoms with Gasteiger partial charge in [0.2, 0.25) is 0 Å². The Morgan fingerprint density at radius 1 is 1.22 bits per heavy atom. The van der Waals surface area contributed by atoms with Gasteiger partial charge in [0.1, 0.15) is 0 Å². The Morgan fingerprint density at radius 2 is 2.00 bits per heavy atom. The molecule has 0 saturated carbocycles. The maximum absolute atomic E-state index is 12.8. The molecule has 1 saturated heterocycles. The summed E-state index contributed by atoms with van der Waals surface area (Å²) in [6.45, 7) is 6.67. The minimum absolute atomic E-state index is 0.0571. The van der Waals surface area contributed by atoms with Crippen molar-refractivity contribution in [2.24, 2.45) is 5.92 Å². The van der Waals surface area contributed by atoms with E-state index < -0.39 is 0 Å². The van der Waals surface area contributed by atoms with Gasteiger partial charge in [0.25, 0.3) is 5.91 Å². The van der Waals surface area contributed by atoms with Gasteiger partial charge < -0.3 is 15.1 Å². The van der Waals surface area contributed by atoms with E-state index in [1.807, 2.05) is 28.0 Å². The summed E-state index contributed by atoms with van der Waals surface area (Å²) in [5.41, 5.74) is 1.32. The molecule has 1 aromatic rings. The Bertz CT molecular complexity index is 693. The van der Waals surface area contributed by atoms with Gasteiger partial charge in [0.15, 0.2) is 0 Å². The minimum atomic E-state index is -0.0995. The number of urea groups is 1. The van der Waals surface area contributed by atoms with Gasteiger partial charge in [-0.1, -0.05) is 44.9 Å². The Hall–Kier alpha value is -2.30. The predicted molar refractivity (Wildman–Crippen MR) is 109 cm³/mol. The van der Waals surface area contributed by atoms with E-state index in [9.17, 15) is 9.59 Å². The maximum atomic E-state index is 12.8. The molecule has 2 aliphatic rings. The van der Waals surface area contributed by atoms with Crippen LogP contribution in [0.2, 0.25) is 0 Å². The fourth-order valence-corrected chi connectivity index (χ4v) is 3.79. The molecule has 1 N–H and O–H groups in total. The van der Waals surface area contributed by atoms with Crippen molar-refractivity contribution < 1.29 is 9.59 Å². The molecule has 0 radical (unpaired) electrons. The van der Waals surface area contributed by atoms with Gasteiger partial charge in [-0.25, -0.2) is 4.79 Å². The van der Waals surface area contributed by atoms with E-state index in [-0.39, 0.29) is 18.0 Å². The number of likely N-dealkylation sites (tertiary alicyclic amines) is 1. The summed E-state index contributed by atoms with van der Waals surface area (Å²) >= 11 is 0. The number of piperidine rings is 1. The van der Waals surface area contributed by atoms with Crippen LogP contribution in [0.4, 0.5) is 10.5 Å². The highest BCUT2D eigenvalue weighted by Crippen LogP contribution is 2.21. The Kier molecular flexibility index (Phi) is 6.54. The first-order chi connectivity index (χ1) is 13.1. The fourth-order valence-electron chi connectivity index (χ4n) is 3.79. The lowest BCUT2D eigenvalue weighted by Crippen LogP contribution is -2.39. The number of unbranched alkanes of at least 4 members (excludes halogenated alkanes) is 1. The zero-order chi connectivity index (χ0) is 19.2. The second-order valence-corrected chi connectivity index (χ2v) is 7.78. The molecule has 0 bridgehead atoms. The molecule has 27 heavy (non-hydrogen) atoms. The molecule has 2 aliphatic heterocycles. The molecule has 5 heteroatoms. The SMILES string of the molecule is CCCC[C@@H]1C=CCN1C(=O)Nc1cccc(C(=O)N2CCC(C)CC2)c1. The molecule has 0 unspecified atom stereocenters. The van der Waals surface area contributed by atoms with Crippen LogP contribution in [0.25, 0.3) is 0 Å². The number of amides is 3. The standard InChI is InChI=1S/C22H31N3O2/c1-3-4-9-20-10-6-13-25(20)22(27)23-19-8-5-7-18(16-19)21(26)24-14-11-17(2)12-15-24/h5-8,10,16-17,20H,3-4,9,11-15H2,1-2H3,(H,23,27)/t20-/m1/s1. The molecule has 146 valence electrons. The van der Waals surface area contributed by atoms with Crippen LogP contribution in [0.1, 0.15) is 56.3 Å². The number of rotatable bonds is 5. The van der Waals surface area contributed by atoms with Gasteiger partial charge in [0.05, 0.1) is 6.04 Å². The number of carbonyl (C=O) groups is 2. The number of anilines is 1. The van der Waals surface area contributed by atoms with Crippen LogP contribution in [0.15, 0.2) is 36.4 Å². The quantitative estimate of drug-likeness (QED) is 0.776. The largest absolute Gasteiger partial charge is 0.339 e. The highest BCUT2D eigenvalue weighted by atomic mass is 16.2. The molecular formula is C22H31N3O2. The number of hydrogen-bond donors (Lipinski definition) is 1. The van der Waals surface area contributed by atoms with E-state index >= 15 is 0 Å². The first-order valence-corrected chi connectivity index (χ1v) is 10.2. The van der Waals surface area contributed by atoms with Crippen molar-refractivity contribution in [3.63, 3.8) is 0 Å². The molecule has 5 nitrogen and oxygen atoms in total. The average Bonchev–Trinajstić information content (AvgIpc) is 3.15. The van der Waals surface area contributed by atoms with Crippen LogP contribution in [0.5, 0.6) is 0 Å². The van der Waals surface area contributed by atoms with Crippen LogP contribution in [0.3, 0.4) is 0 Å². The van der Waals surface area contributed by atoms with Crippen molar-refractivity contribution in [1.82, 2.24) is 9.80 Å². The number of hydrogen-bond acceptors (Lipinski definition) is 2. The second kappa shape index (κ2) is 9.07. The van der Waals surface area contributed by atoms with Gasteiger partial charge in [-0.15, -0.1) is 0 Å². The van der Waals surface area contributed by atoms with Crippen molar-refractivity contribution >= 4 is 17.6 Å². The minimum Gasteiger partial charge on any atom is -0.339 e. The fraction of sp³-hybridized carbons (Fsp3) is 0.545. The molecule has 0 aromatic heterocycles. The lowest BCUT2D eigenvalue weighted by Gasteiger charge is -2.30. The van der Waals surface area contributed by atoms with Gasteiger partial charge in [-0.3, -0.25) is 4.79 Å². The van der Waals surface area contributed by atoms with E-state index in [1.165, 1.54) is 0 Å². The Balaban J connectivity index is 1.62. The van der Waals surface area contributed by atoms with E-state index in [2.05, 4.69) is 31.3 Å². The summed E-state index contributed by atoms with van der Waals surface area (Å²) in [5.74, 6) is 0.746. The smallest absolute Gasteiger partial charge is 0.322 e. The highest BCUT2D eigenvalue weighted by molar-refractivity contribution is 5.97. The van der Waals surface area contributed by atoms with Crippen molar-refractivity contribution in [3.05, 3.63) is 42.0 Å². The molecule has 0 spiro atoms. The molecule has 0 aliphatic carbocycles. The lowest BCUT2D eigenvalue weighted by molar-refractivity contribution is 0.0697. The summed E-state index contributed by atoms with van der Waals surface area (Å²) in [5, 5.41) is 2.97. The third kappa shape index (κ3) is 4.90. The topological polar surface area (TPSA) is 52.7 Å². The van der Waals surface area contributed by atoms with Crippen molar-refractivity contribution in [3.8, 4) is 0 Å². The third-order valence-corrected chi connectivity index (χ3v) is 5.61. The normalized spacial score (nSPS) is 20.1. The van der Waals surface area contributed by atoms with E-state index in [0.717, 1.165) is 45.2 Å². The maximum Gasteiger partial charge on any atom is 0.322 e. The summed E-state index contributed by atoms with van der Waals surface area (Å²) in [4.78, 5) is 29.2. The molecule has 3 amide bonds. The number of nitrogens with zero attached hydrogens (tertiary/aromatic N) is 2.